The van der Waals surface area contributed by atoms with Crippen molar-refractivity contribution in [3.8, 4) is 0 Å². The SMILES string of the molecule is CN(CC1(N(C)C)CCC1)c1ncc(CCN)cn1. The van der Waals surface area contributed by atoms with Gasteiger partial charge in [-0.05, 0) is 51.9 Å². The Bertz CT molecular complexity index is 397. The molecule has 0 bridgehead atoms. The van der Waals surface area contributed by atoms with Crippen LogP contribution in [0.3, 0.4) is 0 Å². The molecule has 2 N–H and O–H groups in total. The Hall–Kier alpha value is -1.20. The molecule has 5 nitrogen and oxygen atoms in total. The smallest absolute Gasteiger partial charge is 0.225 e. The number of likely N-dealkylation sites (N-methyl/N-ethyl adjacent to an activating group) is 2. The number of nitrogens with two attached hydrogens (primary N) is 1. The van der Waals surface area contributed by atoms with E-state index < -0.39 is 0 Å². The van der Waals surface area contributed by atoms with Crippen molar-refractivity contribution in [2.24, 2.45) is 5.73 Å². The number of nitrogens with zero attached hydrogens (tertiary/aromatic N) is 4. The zero-order valence-corrected chi connectivity index (χ0v) is 12.3. The first-order chi connectivity index (χ1) is 9.07. The number of hydrogen-bond donors (Lipinski definition) is 1. The van der Waals surface area contributed by atoms with E-state index in [2.05, 4.69) is 40.9 Å². The van der Waals surface area contributed by atoms with Gasteiger partial charge >= 0.3 is 0 Å². The fourth-order valence-electron chi connectivity index (χ4n) is 2.68. The Balaban J connectivity index is 2.01. The third-order valence-electron chi connectivity index (χ3n) is 4.23. The first kappa shape index (κ1) is 14.2. The average molecular weight is 263 g/mol. The van der Waals surface area contributed by atoms with Crippen molar-refractivity contribution in [3.05, 3.63) is 18.0 Å². The lowest BCUT2D eigenvalue weighted by Crippen LogP contribution is -2.57. The highest BCUT2D eigenvalue weighted by atomic mass is 15.3. The second kappa shape index (κ2) is 5.84. The molecule has 0 unspecified atom stereocenters. The van der Waals surface area contributed by atoms with Crippen LogP contribution in [0.2, 0.25) is 0 Å². The van der Waals surface area contributed by atoms with Gasteiger partial charge in [-0.3, -0.25) is 0 Å². The summed E-state index contributed by atoms with van der Waals surface area (Å²) in [4.78, 5) is 13.4. The predicted molar refractivity (Wildman–Crippen MR) is 78.3 cm³/mol. The minimum Gasteiger partial charge on any atom is -0.342 e. The van der Waals surface area contributed by atoms with Gasteiger partial charge in [0.25, 0.3) is 0 Å². The van der Waals surface area contributed by atoms with Crippen LogP contribution in [-0.2, 0) is 6.42 Å². The van der Waals surface area contributed by atoms with E-state index in [0.717, 1.165) is 24.5 Å². The van der Waals surface area contributed by atoms with E-state index in [4.69, 9.17) is 5.73 Å². The standard InChI is InChI=1S/C14H25N5/c1-18(2)14(6-4-7-14)11-19(3)13-16-9-12(5-8-15)10-17-13/h9-10H,4-8,11,15H2,1-3H3. The van der Waals surface area contributed by atoms with Crippen LogP contribution in [-0.4, -0.2) is 54.6 Å². The van der Waals surface area contributed by atoms with Crippen molar-refractivity contribution in [2.75, 3.05) is 39.1 Å². The van der Waals surface area contributed by atoms with Crippen molar-refractivity contribution >= 4 is 5.95 Å². The molecule has 1 aromatic heterocycles. The monoisotopic (exact) mass is 263 g/mol. The molecule has 19 heavy (non-hydrogen) atoms. The Morgan fingerprint density at radius 1 is 1.21 bits per heavy atom. The minimum absolute atomic E-state index is 0.300. The van der Waals surface area contributed by atoms with Crippen LogP contribution in [0, 0.1) is 0 Å². The highest BCUT2D eigenvalue weighted by Crippen LogP contribution is 2.36. The molecule has 0 aliphatic heterocycles. The lowest BCUT2D eigenvalue weighted by atomic mass is 9.75. The third-order valence-corrected chi connectivity index (χ3v) is 4.23. The van der Waals surface area contributed by atoms with Gasteiger partial charge in [0, 0.05) is 31.5 Å². The van der Waals surface area contributed by atoms with Gasteiger partial charge in [-0.15, -0.1) is 0 Å². The Labute approximate surface area is 115 Å². The van der Waals surface area contributed by atoms with E-state index in [1.54, 1.807) is 0 Å². The molecule has 0 atom stereocenters. The molecule has 0 spiro atoms. The normalized spacial score (nSPS) is 17.3. The molecule has 0 radical (unpaired) electrons. The largest absolute Gasteiger partial charge is 0.342 e. The Kier molecular flexibility index (Phi) is 4.37. The molecule has 1 aliphatic carbocycles. The minimum atomic E-state index is 0.300. The van der Waals surface area contributed by atoms with Crippen molar-refractivity contribution in [1.29, 1.82) is 0 Å². The fourth-order valence-corrected chi connectivity index (χ4v) is 2.68. The van der Waals surface area contributed by atoms with E-state index in [0.29, 0.717) is 12.1 Å². The molecule has 1 heterocycles. The van der Waals surface area contributed by atoms with Crippen molar-refractivity contribution in [3.63, 3.8) is 0 Å². The number of aromatic nitrogens is 2. The maximum absolute atomic E-state index is 5.53. The molecule has 1 saturated carbocycles. The predicted octanol–water partition coefficient (Wildman–Crippen LogP) is 0.898. The summed E-state index contributed by atoms with van der Waals surface area (Å²) in [6.07, 6.45) is 8.45. The summed E-state index contributed by atoms with van der Waals surface area (Å²) in [6, 6.07) is 0. The summed E-state index contributed by atoms with van der Waals surface area (Å²) >= 11 is 0. The van der Waals surface area contributed by atoms with Gasteiger partial charge in [-0.1, -0.05) is 0 Å². The lowest BCUT2D eigenvalue weighted by Gasteiger charge is -2.49. The quantitative estimate of drug-likeness (QED) is 0.826. The van der Waals surface area contributed by atoms with E-state index in [1.165, 1.54) is 19.3 Å². The van der Waals surface area contributed by atoms with E-state index in [-0.39, 0.29) is 0 Å². The third kappa shape index (κ3) is 3.04. The van der Waals surface area contributed by atoms with Crippen molar-refractivity contribution in [2.45, 2.75) is 31.2 Å². The summed E-state index contributed by atoms with van der Waals surface area (Å²) in [5.41, 5.74) is 6.93. The van der Waals surface area contributed by atoms with Gasteiger partial charge in [0.1, 0.15) is 0 Å². The van der Waals surface area contributed by atoms with Crippen LogP contribution >= 0.6 is 0 Å². The van der Waals surface area contributed by atoms with Crippen LogP contribution in [0.1, 0.15) is 24.8 Å². The van der Waals surface area contributed by atoms with Crippen LogP contribution in [0.4, 0.5) is 5.95 Å². The molecule has 1 aliphatic rings. The second-order valence-corrected chi connectivity index (χ2v) is 5.76. The number of rotatable bonds is 6. The van der Waals surface area contributed by atoms with E-state index >= 15 is 0 Å². The maximum Gasteiger partial charge on any atom is 0.225 e. The van der Waals surface area contributed by atoms with Crippen molar-refractivity contribution < 1.29 is 0 Å². The van der Waals surface area contributed by atoms with Gasteiger partial charge in [0.2, 0.25) is 5.95 Å². The van der Waals surface area contributed by atoms with Crippen LogP contribution in [0.15, 0.2) is 12.4 Å². The summed E-state index contributed by atoms with van der Waals surface area (Å²) in [7, 11) is 6.40. The molecule has 106 valence electrons. The number of hydrogen-bond acceptors (Lipinski definition) is 5. The molecular formula is C14H25N5. The van der Waals surface area contributed by atoms with Gasteiger partial charge in [0.15, 0.2) is 0 Å². The zero-order valence-electron chi connectivity index (χ0n) is 12.3. The molecule has 0 saturated heterocycles. The zero-order chi connectivity index (χ0) is 13.9. The lowest BCUT2D eigenvalue weighted by molar-refractivity contribution is 0.0680. The summed E-state index contributed by atoms with van der Waals surface area (Å²) < 4.78 is 0. The molecule has 5 heteroatoms. The Morgan fingerprint density at radius 2 is 1.84 bits per heavy atom. The van der Waals surface area contributed by atoms with Gasteiger partial charge in [-0.25, -0.2) is 9.97 Å². The molecule has 1 fully saturated rings. The summed E-state index contributed by atoms with van der Waals surface area (Å²) in [5.74, 6) is 0.800. The van der Waals surface area contributed by atoms with Gasteiger partial charge < -0.3 is 15.5 Å². The van der Waals surface area contributed by atoms with Gasteiger partial charge in [-0.2, -0.15) is 0 Å². The molecular weight excluding hydrogens is 238 g/mol. The first-order valence-corrected chi connectivity index (χ1v) is 6.97. The van der Waals surface area contributed by atoms with Crippen LogP contribution < -0.4 is 10.6 Å². The summed E-state index contributed by atoms with van der Waals surface area (Å²) in [6.45, 7) is 1.62. The van der Waals surface area contributed by atoms with E-state index in [1.807, 2.05) is 12.4 Å². The highest BCUT2D eigenvalue weighted by molar-refractivity contribution is 5.30. The highest BCUT2D eigenvalue weighted by Gasteiger charge is 2.40. The second-order valence-electron chi connectivity index (χ2n) is 5.76. The maximum atomic E-state index is 5.53. The van der Waals surface area contributed by atoms with E-state index in [9.17, 15) is 0 Å². The topological polar surface area (TPSA) is 58.3 Å². The molecule has 2 rings (SSSR count). The van der Waals surface area contributed by atoms with Gasteiger partial charge in [0.05, 0.1) is 0 Å². The summed E-state index contributed by atoms with van der Waals surface area (Å²) in [5, 5.41) is 0. The van der Waals surface area contributed by atoms with Crippen molar-refractivity contribution in [1.82, 2.24) is 14.9 Å². The fraction of sp³-hybridized carbons (Fsp3) is 0.714. The molecule has 0 aromatic carbocycles. The average Bonchev–Trinajstić information content (AvgIpc) is 2.34. The van der Waals surface area contributed by atoms with Crippen LogP contribution in [0.5, 0.6) is 0 Å². The Morgan fingerprint density at radius 3 is 2.26 bits per heavy atom. The number of anilines is 1. The van der Waals surface area contributed by atoms with Crippen LogP contribution in [0.25, 0.3) is 0 Å². The molecule has 0 amide bonds. The first-order valence-electron chi connectivity index (χ1n) is 6.97. The molecule has 1 aromatic rings.